The maximum Gasteiger partial charge on any atom is 0.279 e. The van der Waals surface area contributed by atoms with Crippen LogP contribution in [-0.2, 0) is 21.3 Å². The molecule has 0 saturated heterocycles. The quantitative estimate of drug-likeness (QED) is 0.745. The summed E-state index contributed by atoms with van der Waals surface area (Å²) in [5.74, 6) is 0.0825. The maximum atomic E-state index is 12.2. The highest BCUT2D eigenvalue weighted by Crippen LogP contribution is 2.21. The number of hydrogen-bond donors (Lipinski definition) is 2. The van der Waals surface area contributed by atoms with E-state index in [9.17, 15) is 13.8 Å². The minimum atomic E-state index is -0.997. The minimum Gasteiger partial charge on any atom is -0.481 e. The summed E-state index contributed by atoms with van der Waals surface area (Å²) in [4.78, 5) is 24.4. The van der Waals surface area contributed by atoms with Gasteiger partial charge in [0.25, 0.3) is 11.8 Å². The Balaban J connectivity index is 1.93. The molecule has 6 nitrogen and oxygen atoms in total. The average Bonchev–Trinajstić information content (AvgIpc) is 2.62. The Morgan fingerprint density at radius 3 is 2.52 bits per heavy atom. The van der Waals surface area contributed by atoms with Gasteiger partial charge in [0.15, 0.2) is 6.10 Å². The molecule has 0 radical (unpaired) electrons. The number of carbonyl (C=O) groups is 2. The molecule has 0 aliphatic carbocycles. The zero-order valence-electron chi connectivity index (χ0n) is 15.9. The van der Waals surface area contributed by atoms with Crippen molar-refractivity contribution in [3.63, 3.8) is 0 Å². The van der Waals surface area contributed by atoms with Gasteiger partial charge in [-0.25, -0.2) is 0 Å². The van der Waals surface area contributed by atoms with Crippen molar-refractivity contribution in [2.75, 3.05) is 6.26 Å². The molecule has 2 atom stereocenters. The van der Waals surface area contributed by atoms with E-state index < -0.39 is 28.7 Å². The maximum absolute atomic E-state index is 12.2. The normalized spacial score (nSPS) is 12.7. The number of rotatable bonds is 6. The van der Waals surface area contributed by atoms with Crippen LogP contribution in [0.1, 0.15) is 34.0 Å². The van der Waals surface area contributed by atoms with E-state index in [0.717, 1.165) is 16.7 Å². The summed E-state index contributed by atoms with van der Waals surface area (Å²) in [6.45, 7) is 5.50. The summed E-state index contributed by atoms with van der Waals surface area (Å²) >= 11 is 0. The Kier molecular flexibility index (Phi) is 7.12. The molecular formula is C20H24N2O4S. The molecule has 0 aromatic heterocycles. The molecule has 0 aliphatic rings. The van der Waals surface area contributed by atoms with Crippen molar-refractivity contribution >= 4 is 22.6 Å². The highest BCUT2D eigenvalue weighted by Gasteiger charge is 2.17. The second-order valence-corrected chi connectivity index (χ2v) is 7.75. The van der Waals surface area contributed by atoms with Gasteiger partial charge in [0, 0.05) is 28.4 Å². The predicted octanol–water partition coefficient (Wildman–Crippen LogP) is 2.41. The van der Waals surface area contributed by atoms with Gasteiger partial charge >= 0.3 is 0 Å². The third kappa shape index (κ3) is 5.92. The van der Waals surface area contributed by atoms with Gasteiger partial charge in [-0.1, -0.05) is 24.3 Å². The first-order valence-electron chi connectivity index (χ1n) is 8.50. The average molecular weight is 388 g/mol. The summed E-state index contributed by atoms with van der Waals surface area (Å²) in [6, 6.07) is 12.4. The number of hydrogen-bond acceptors (Lipinski definition) is 4. The molecule has 0 heterocycles. The molecule has 27 heavy (non-hydrogen) atoms. The van der Waals surface area contributed by atoms with Crippen LogP contribution >= 0.6 is 0 Å². The predicted molar refractivity (Wildman–Crippen MR) is 106 cm³/mol. The molecule has 0 bridgehead atoms. The molecule has 0 saturated carbocycles. The third-order valence-electron chi connectivity index (χ3n) is 4.09. The van der Waals surface area contributed by atoms with Gasteiger partial charge in [-0.3, -0.25) is 24.6 Å². The van der Waals surface area contributed by atoms with E-state index in [-0.39, 0.29) is 0 Å². The van der Waals surface area contributed by atoms with Crippen molar-refractivity contribution in [2.24, 2.45) is 0 Å². The standard InChI is InChI=1S/C20H24N2O4S/c1-13-7-5-10-18(14(13)2)26-15(3)19(23)21-22-20(24)17-9-6-8-16(11-17)12-27(4)25/h5-11,15H,12H2,1-4H3,(H,21,23)(H,22,24). The van der Waals surface area contributed by atoms with E-state index in [4.69, 9.17) is 4.74 Å². The van der Waals surface area contributed by atoms with Crippen LogP contribution in [0.2, 0.25) is 0 Å². The van der Waals surface area contributed by atoms with Crippen molar-refractivity contribution in [2.45, 2.75) is 32.6 Å². The Hall–Kier alpha value is -2.67. The third-order valence-corrected chi connectivity index (χ3v) is 4.83. The molecule has 2 aromatic carbocycles. The van der Waals surface area contributed by atoms with Crippen LogP contribution in [0.15, 0.2) is 42.5 Å². The van der Waals surface area contributed by atoms with Crippen molar-refractivity contribution in [3.8, 4) is 5.75 Å². The Morgan fingerprint density at radius 1 is 1.11 bits per heavy atom. The van der Waals surface area contributed by atoms with Crippen LogP contribution in [0.5, 0.6) is 5.75 Å². The lowest BCUT2D eigenvalue weighted by atomic mass is 10.1. The van der Waals surface area contributed by atoms with Gasteiger partial charge in [-0.15, -0.1) is 0 Å². The van der Waals surface area contributed by atoms with E-state index in [1.54, 1.807) is 43.5 Å². The molecule has 2 aromatic rings. The molecule has 0 spiro atoms. The van der Waals surface area contributed by atoms with Crippen LogP contribution in [0, 0.1) is 13.8 Å². The van der Waals surface area contributed by atoms with E-state index in [1.165, 1.54) is 0 Å². The van der Waals surface area contributed by atoms with Gasteiger partial charge in [0.05, 0.1) is 0 Å². The highest BCUT2D eigenvalue weighted by atomic mass is 32.2. The number of carbonyl (C=O) groups excluding carboxylic acids is 2. The van der Waals surface area contributed by atoms with E-state index in [1.807, 2.05) is 26.0 Å². The number of nitrogens with one attached hydrogen (secondary N) is 2. The summed E-state index contributed by atoms with van der Waals surface area (Å²) in [5.41, 5.74) is 7.95. The number of hydrazine groups is 1. The second-order valence-electron chi connectivity index (χ2n) is 6.32. The fourth-order valence-electron chi connectivity index (χ4n) is 2.43. The first-order valence-corrected chi connectivity index (χ1v) is 10.2. The topological polar surface area (TPSA) is 84.5 Å². The largest absolute Gasteiger partial charge is 0.481 e. The summed E-state index contributed by atoms with van der Waals surface area (Å²) in [7, 11) is -0.997. The molecule has 7 heteroatoms. The second kappa shape index (κ2) is 9.32. The Bertz CT molecular complexity index is 867. The number of aryl methyl sites for hydroxylation is 1. The van der Waals surface area contributed by atoms with Crippen LogP contribution in [0.4, 0.5) is 0 Å². The van der Waals surface area contributed by atoms with Crippen molar-refractivity contribution < 1.29 is 18.5 Å². The van der Waals surface area contributed by atoms with Crippen LogP contribution in [0.3, 0.4) is 0 Å². The van der Waals surface area contributed by atoms with Crippen LogP contribution in [0.25, 0.3) is 0 Å². The zero-order valence-corrected chi connectivity index (χ0v) is 16.7. The van der Waals surface area contributed by atoms with Gasteiger partial charge < -0.3 is 4.74 Å². The number of benzene rings is 2. The monoisotopic (exact) mass is 388 g/mol. The van der Waals surface area contributed by atoms with E-state index in [2.05, 4.69) is 10.9 Å². The zero-order chi connectivity index (χ0) is 20.0. The van der Waals surface area contributed by atoms with Gasteiger partial charge in [-0.2, -0.15) is 0 Å². The van der Waals surface area contributed by atoms with Gasteiger partial charge in [0.2, 0.25) is 0 Å². The molecule has 2 amide bonds. The SMILES string of the molecule is Cc1cccc(OC(C)C(=O)NNC(=O)c2cccc(CS(C)=O)c2)c1C. The first kappa shape index (κ1) is 20.6. The van der Waals surface area contributed by atoms with Crippen molar-refractivity contribution in [1.29, 1.82) is 0 Å². The molecule has 2 rings (SSSR count). The molecule has 2 unspecified atom stereocenters. The first-order chi connectivity index (χ1) is 12.8. The minimum absolute atomic E-state index is 0.369. The van der Waals surface area contributed by atoms with E-state index >= 15 is 0 Å². The van der Waals surface area contributed by atoms with Crippen molar-refractivity contribution in [1.82, 2.24) is 10.9 Å². The van der Waals surface area contributed by atoms with Crippen LogP contribution < -0.4 is 15.6 Å². The van der Waals surface area contributed by atoms with E-state index in [0.29, 0.717) is 17.1 Å². The van der Waals surface area contributed by atoms with Gasteiger partial charge in [0.1, 0.15) is 5.75 Å². The fraction of sp³-hybridized carbons (Fsp3) is 0.300. The smallest absolute Gasteiger partial charge is 0.279 e. The number of ether oxygens (including phenoxy) is 1. The molecule has 0 aliphatic heterocycles. The van der Waals surface area contributed by atoms with Crippen LogP contribution in [-0.4, -0.2) is 28.4 Å². The lowest BCUT2D eigenvalue weighted by Crippen LogP contribution is -2.47. The summed E-state index contributed by atoms with van der Waals surface area (Å²) in [5, 5.41) is 0. The van der Waals surface area contributed by atoms with Gasteiger partial charge in [-0.05, 0) is 55.7 Å². The number of amides is 2. The molecular weight excluding hydrogens is 364 g/mol. The fourth-order valence-corrected chi connectivity index (χ4v) is 3.07. The molecule has 0 fully saturated rings. The lowest BCUT2D eigenvalue weighted by molar-refractivity contribution is -0.128. The molecule has 2 N–H and O–H groups in total. The Morgan fingerprint density at radius 2 is 1.81 bits per heavy atom. The van der Waals surface area contributed by atoms with Crippen molar-refractivity contribution in [3.05, 3.63) is 64.7 Å². The summed E-state index contributed by atoms with van der Waals surface area (Å²) < 4.78 is 17.0. The Labute approximate surface area is 161 Å². The highest BCUT2D eigenvalue weighted by molar-refractivity contribution is 7.83. The molecule has 144 valence electrons. The summed E-state index contributed by atoms with van der Waals surface area (Å²) in [6.07, 6.45) is 0.823. The lowest BCUT2D eigenvalue weighted by Gasteiger charge is -2.17.